The number of carboxylic acids is 2. The Hall–Kier alpha value is -1.83. The number of carbonyl (C=O) groups is 3. The summed E-state index contributed by atoms with van der Waals surface area (Å²) in [5.74, 6) is -2.33. The topological polar surface area (TPSA) is 119 Å². The molecule has 8 heteroatoms. The number of rotatable bonds is 8. The van der Waals surface area contributed by atoms with E-state index >= 15 is 0 Å². The third kappa shape index (κ3) is 4.89. The van der Waals surface area contributed by atoms with Crippen LogP contribution in [0.4, 0.5) is 4.79 Å². The number of likely N-dealkylation sites (N-methyl/N-ethyl adjacent to an activating group) is 1. The smallest absolute Gasteiger partial charge is 0.326 e. The van der Waals surface area contributed by atoms with Gasteiger partial charge in [0.1, 0.15) is 6.04 Å². The van der Waals surface area contributed by atoms with Gasteiger partial charge in [-0.25, -0.2) is 9.59 Å². The van der Waals surface area contributed by atoms with E-state index in [9.17, 15) is 14.4 Å². The summed E-state index contributed by atoms with van der Waals surface area (Å²) in [6, 6.07) is -1.78. The van der Waals surface area contributed by atoms with Crippen molar-refractivity contribution >= 4 is 18.0 Å². The number of nitrogens with one attached hydrogen (secondary N) is 2. The zero-order chi connectivity index (χ0) is 16.0. The van der Waals surface area contributed by atoms with Crippen molar-refractivity contribution in [1.29, 1.82) is 0 Å². The van der Waals surface area contributed by atoms with Crippen molar-refractivity contribution in [3.8, 4) is 0 Å². The van der Waals surface area contributed by atoms with Crippen LogP contribution < -0.4 is 10.6 Å². The van der Waals surface area contributed by atoms with E-state index in [1.807, 2.05) is 14.1 Å². The minimum absolute atomic E-state index is 0.0584. The molecule has 2 amide bonds. The van der Waals surface area contributed by atoms with E-state index in [1.54, 1.807) is 0 Å². The Morgan fingerprint density at radius 1 is 1.24 bits per heavy atom. The highest BCUT2D eigenvalue weighted by atomic mass is 16.4. The largest absolute Gasteiger partial charge is 0.481 e. The van der Waals surface area contributed by atoms with Crippen LogP contribution in [0.15, 0.2) is 0 Å². The van der Waals surface area contributed by atoms with Gasteiger partial charge >= 0.3 is 18.0 Å². The number of hydrogen-bond donors (Lipinski definition) is 4. The molecule has 0 radical (unpaired) electrons. The van der Waals surface area contributed by atoms with Gasteiger partial charge in [-0.3, -0.25) is 4.79 Å². The van der Waals surface area contributed by atoms with Gasteiger partial charge in [-0.05, 0) is 39.8 Å². The lowest BCUT2D eigenvalue weighted by Crippen LogP contribution is -2.59. The van der Waals surface area contributed by atoms with Crippen LogP contribution in [-0.2, 0) is 9.59 Å². The molecule has 0 bridgehead atoms. The quantitative estimate of drug-likeness (QED) is 0.504. The molecular weight excluding hydrogens is 278 g/mol. The summed E-state index contributed by atoms with van der Waals surface area (Å²) in [4.78, 5) is 35.3. The highest BCUT2D eigenvalue weighted by Gasteiger charge is 2.39. The molecule has 0 spiro atoms. The molecule has 8 nitrogen and oxygen atoms in total. The molecule has 1 rings (SSSR count). The highest BCUT2D eigenvalue weighted by molar-refractivity contribution is 5.83. The van der Waals surface area contributed by atoms with Crippen molar-refractivity contribution in [3.63, 3.8) is 0 Å². The van der Waals surface area contributed by atoms with Crippen LogP contribution >= 0.6 is 0 Å². The molecule has 120 valence electrons. The fourth-order valence-corrected chi connectivity index (χ4v) is 2.35. The van der Waals surface area contributed by atoms with Crippen molar-refractivity contribution < 1.29 is 24.6 Å². The van der Waals surface area contributed by atoms with Crippen LogP contribution in [-0.4, -0.2) is 65.3 Å². The minimum atomic E-state index is -1.24. The standard InChI is InChI=1S/C13H23N3O5/c1-16(2)13(6-3-7-13)8-14-12(21)15-9(11(19)20)4-5-10(17)18/h9H,3-8H2,1-2H3,(H,17,18)(H,19,20)(H2,14,15,21)/t9-/m0/s1. The number of nitrogens with zero attached hydrogens (tertiary/aromatic N) is 1. The van der Waals surface area contributed by atoms with Crippen molar-refractivity contribution in [3.05, 3.63) is 0 Å². The van der Waals surface area contributed by atoms with Crippen LogP contribution in [0.25, 0.3) is 0 Å². The Morgan fingerprint density at radius 3 is 2.24 bits per heavy atom. The SMILES string of the molecule is CN(C)C1(CNC(=O)N[C@@H](CCC(=O)O)C(=O)O)CCC1. The van der Waals surface area contributed by atoms with Crippen LogP contribution in [0, 0.1) is 0 Å². The molecule has 1 aliphatic rings. The Balaban J connectivity index is 2.43. The summed E-state index contributed by atoms with van der Waals surface area (Å²) in [5.41, 5.74) is -0.0584. The van der Waals surface area contributed by atoms with Crippen molar-refractivity contribution in [1.82, 2.24) is 15.5 Å². The molecule has 21 heavy (non-hydrogen) atoms. The van der Waals surface area contributed by atoms with Crippen LogP contribution in [0.5, 0.6) is 0 Å². The lowest BCUT2D eigenvalue weighted by molar-refractivity contribution is -0.140. The average molecular weight is 301 g/mol. The Labute approximate surface area is 123 Å². The van der Waals surface area contributed by atoms with Gasteiger partial charge in [-0.1, -0.05) is 0 Å². The monoisotopic (exact) mass is 301 g/mol. The van der Waals surface area contributed by atoms with E-state index in [2.05, 4.69) is 15.5 Å². The molecule has 1 fully saturated rings. The average Bonchev–Trinajstić information content (AvgIpc) is 2.31. The Kier molecular flexibility index (Phi) is 5.95. The third-order valence-corrected chi connectivity index (χ3v) is 4.06. The molecule has 0 aliphatic heterocycles. The van der Waals surface area contributed by atoms with Crippen LogP contribution in [0.1, 0.15) is 32.1 Å². The molecule has 0 unspecified atom stereocenters. The minimum Gasteiger partial charge on any atom is -0.481 e. The first-order chi connectivity index (χ1) is 9.77. The van der Waals surface area contributed by atoms with Crippen LogP contribution in [0.2, 0.25) is 0 Å². The number of carboxylic acid groups (broad SMARTS) is 2. The molecule has 4 N–H and O–H groups in total. The van der Waals surface area contributed by atoms with Gasteiger partial charge in [0.25, 0.3) is 0 Å². The van der Waals surface area contributed by atoms with E-state index in [1.165, 1.54) is 0 Å². The van der Waals surface area contributed by atoms with Gasteiger partial charge in [0.2, 0.25) is 0 Å². The zero-order valence-electron chi connectivity index (χ0n) is 12.4. The lowest BCUT2D eigenvalue weighted by Gasteiger charge is -2.47. The van der Waals surface area contributed by atoms with E-state index < -0.39 is 24.0 Å². The van der Waals surface area contributed by atoms with E-state index in [4.69, 9.17) is 10.2 Å². The first-order valence-corrected chi connectivity index (χ1v) is 6.93. The van der Waals surface area contributed by atoms with Gasteiger partial charge in [0, 0.05) is 18.5 Å². The van der Waals surface area contributed by atoms with Gasteiger partial charge in [-0.2, -0.15) is 0 Å². The molecule has 1 aliphatic carbocycles. The predicted octanol–water partition coefficient (Wildman–Crippen LogP) is 0.0879. The normalized spacial score (nSPS) is 17.7. The second kappa shape index (κ2) is 7.26. The molecule has 1 saturated carbocycles. The summed E-state index contributed by atoms with van der Waals surface area (Å²) >= 11 is 0. The number of hydrogen-bond acceptors (Lipinski definition) is 4. The first kappa shape index (κ1) is 17.2. The van der Waals surface area contributed by atoms with Crippen LogP contribution in [0.3, 0.4) is 0 Å². The maximum absolute atomic E-state index is 11.8. The maximum atomic E-state index is 11.8. The first-order valence-electron chi connectivity index (χ1n) is 6.93. The molecule has 0 saturated heterocycles. The summed E-state index contributed by atoms with van der Waals surface area (Å²) in [6.45, 7) is 0.442. The number of aliphatic carboxylic acids is 2. The predicted molar refractivity (Wildman–Crippen MR) is 75.1 cm³/mol. The molecule has 1 atom stereocenters. The fraction of sp³-hybridized carbons (Fsp3) is 0.769. The number of amides is 2. The third-order valence-electron chi connectivity index (χ3n) is 4.06. The molecule has 0 aromatic heterocycles. The van der Waals surface area contributed by atoms with E-state index in [0.29, 0.717) is 6.54 Å². The Morgan fingerprint density at radius 2 is 1.86 bits per heavy atom. The summed E-state index contributed by atoms with van der Waals surface area (Å²) < 4.78 is 0. The molecule has 0 aromatic carbocycles. The Bertz CT molecular complexity index is 407. The summed E-state index contributed by atoms with van der Waals surface area (Å²) in [5, 5.41) is 22.5. The molecule has 0 heterocycles. The van der Waals surface area contributed by atoms with Gasteiger partial charge in [0.05, 0.1) is 0 Å². The molecule has 0 aromatic rings. The maximum Gasteiger partial charge on any atom is 0.326 e. The van der Waals surface area contributed by atoms with Gasteiger partial charge < -0.3 is 25.7 Å². The number of carbonyl (C=O) groups excluding carboxylic acids is 1. The van der Waals surface area contributed by atoms with E-state index in [-0.39, 0.29) is 18.4 Å². The van der Waals surface area contributed by atoms with Gasteiger partial charge in [0.15, 0.2) is 0 Å². The van der Waals surface area contributed by atoms with E-state index in [0.717, 1.165) is 19.3 Å². The highest BCUT2D eigenvalue weighted by Crippen LogP contribution is 2.35. The van der Waals surface area contributed by atoms with Crippen molar-refractivity contribution in [2.45, 2.75) is 43.7 Å². The second-order valence-corrected chi connectivity index (χ2v) is 5.62. The fourth-order valence-electron chi connectivity index (χ4n) is 2.35. The van der Waals surface area contributed by atoms with Gasteiger partial charge in [-0.15, -0.1) is 0 Å². The van der Waals surface area contributed by atoms with Crippen molar-refractivity contribution in [2.24, 2.45) is 0 Å². The van der Waals surface area contributed by atoms with Crippen molar-refractivity contribution in [2.75, 3.05) is 20.6 Å². The number of urea groups is 1. The summed E-state index contributed by atoms with van der Waals surface area (Å²) in [6.07, 6.45) is 2.64. The molecular formula is C13H23N3O5. The second-order valence-electron chi connectivity index (χ2n) is 5.62. The summed E-state index contributed by atoms with van der Waals surface area (Å²) in [7, 11) is 3.90. The zero-order valence-corrected chi connectivity index (χ0v) is 12.4. The lowest BCUT2D eigenvalue weighted by atomic mass is 9.75.